The molecule has 0 aliphatic heterocycles. The number of fused-ring (bicyclic) bond motifs is 7. The van der Waals surface area contributed by atoms with Gasteiger partial charge in [-0.3, -0.25) is 0 Å². The summed E-state index contributed by atoms with van der Waals surface area (Å²) >= 11 is 0. The number of aryl methyl sites for hydroxylation is 2. The van der Waals surface area contributed by atoms with E-state index in [1.165, 1.54) is 45.3 Å². The molecule has 1 aliphatic rings. The van der Waals surface area contributed by atoms with Crippen molar-refractivity contribution in [2.75, 3.05) is 0 Å². The maximum atomic E-state index is 6.68. The Morgan fingerprint density at radius 2 is 1.49 bits per heavy atom. The maximum absolute atomic E-state index is 6.68. The molecule has 0 fully saturated rings. The highest BCUT2D eigenvalue weighted by Gasteiger charge is 2.45. The number of hydrogen-bond donors (Lipinski definition) is 0. The first-order chi connectivity index (χ1) is 17.7. The lowest BCUT2D eigenvalue weighted by Crippen LogP contribution is -2.42. The molecule has 3 nitrogen and oxygen atoms in total. The summed E-state index contributed by atoms with van der Waals surface area (Å²) < 4.78 is 9.09. The van der Waals surface area contributed by atoms with E-state index in [0.29, 0.717) is 5.71 Å². The van der Waals surface area contributed by atoms with E-state index in [2.05, 4.69) is 107 Å². The number of furan rings is 1. The lowest BCUT2D eigenvalue weighted by atomic mass is 9.61. The molecule has 3 heterocycles. The number of hydrogen-bond acceptors (Lipinski definition) is 2. The highest BCUT2D eigenvalue weighted by molar-refractivity contribution is 6.11. The standard InChI is InChI=1S/C34H33N2O/c1-20-15-16-22-24-19-21-11-7-9-13-25(21)35-32(24)37-31(22)27(20)30-29-28(33(2,3)17-18-34(29,4)5)23-12-8-10-14-26(23)36(30)6/h7-16,19H,17-18H2,1-6H3/q+1. The van der Waals surface area contributed by atoms with E-state index in [4.69, 9.17) is 9.40 Å². The van der Waals surface area contributed by atoms with Gasteiger partial charge < -0.3 is 4.42 Å². The van der Waals surface area contributed by atoms with E-state index in [0.717, 1.165) is 33.7 Å². The SMILES string of the molecule is Cc1ccc2c(oc3nc4ccccc4cc32)c1-c1c2c(c3ccccc3[n+]1C)C(C)(C)CCC2(C)C. The fourth-order valence-electron chi connectivity index (χ4n) is 6.81. The van der Waals surface area contributed by atoms with Crippen LogP contribution >= 0.6 is 0 Å². The van der Waals surface area contributed by atoms with E-state index in [1.807, 2.05) is 6.07 Å². The molecule has 0 bridgehead atoms. The zero-order valence-electron chi connectivity index (χ0n) is 22.6. The molecule has 0 spiro atoms. The third-order valence-electron chi connectivity index (χ3n) is 8.87. The zero-order chi connectivity index (χ0) is 25.7. The maximum Gasteiger partial charge on any atom is 0.227 e. The summed E-state index contributed by atoms with van der Waals surface area (Å²) in [5, 5.41) is 4.70. The van der Waals surface area contributed by atoms with Crippen LogP contribution in [0.1, 0.15) is 57.2 Å². The first kappa shape index (κ1) is 22.5. The van der Waals surface area contributed by atoms with Crippen LogP contribution in [0.25, 0.3) is 55.1 Å². The predicted molar refractivity (Wildman–Crippen MR) is 153 cm³/mol. The van der Waals surface area contributed by atoms with Crippen LogP contribution < -0.4 is 4.57 Å². The average molecular weight is 486 g/mol. The molecule has 3 aromatic heterocycles. The lowest BCUT2D eigenvalue weighted by molar-refractivity contribution is -0.634. The fraction of sp³-hybridized carbons (Fsp3) is 0.294. The second kappa shape index (κ2) is 7.41. The Morgan fingerprint density at radius 3 is 2.30 bits per heavy atom. The largest absolute Gasteiger partial charge is 0.437 e. The van der Waals surface area contributed by atoms with Gasteiger partial charge in [0.05, 0.1) is 16.5 Å². The third kappa shape index (κ3) is 3.06. The predicted octanol–water partition coefficient (Wildman–Crippen LogP) is 8.44. The normalized spacial score (nSPS) is 16.6. The Bertz CT molecular complexity index is 1910. The van der Waals surface area contributed by atoms with Gasteiger partial charge in [-0.2, -0.15) is 4.57 Å². The average Bonchev–Trinajstić information content (AvgIpc) is 3.23. The van der Waals surface area contributed by atoms with Gasteiger partial charge in [0.25, 0.3) is 0 Å². The first-order valence-electron chi connectivity index (χ1n) is 13.3. The van der Waals surface area contributed by atoms with Crippen molar-refractivity contribution in [3.8, 4) is 11.3 Å². The molecule has 0 N–H and O–H groups in total. The topological polar surface area (TPSA) is 29.9 Å². The van der Waals surface area contributed by atoms with Crippen LogP contribution in [0.3, 0.4) is 0 Å². The van der Waals surface area contributed by atoms with E-state index in [-0.39, 0.29) is 10.8 Å². The minimum absolute atomic E-state index is 0.0372. The monoisotopic (exact) mass is 485 g/mol. The summed E-state index contributed by atoms with van der Waals surface area (Å²) in [5.74, 6) is 0. The van der Waals surface area contributed by atoms with Gasteiger partial charge in [-0.25, -0.2) is 4.98 Å². The van der Waals surface area contributed by atoms with Gasteiger partial charge in [-0.15, -0.1) is 0 Å². The molecule has 1 aliphatic carbocycles. The van der Waals surface area contributed by atoms with Gasteiger partial charge in [0, 0.05) is 27.8 Å². The van der Waals surface area contributed by atoms with E-state index in [9.17, 15) is 0 Å². The van der Waals surface area contributed by atoms with Gasteiger partial charge in [0.1, 0.15) is 7.05 Å². The summed E-state index contributed by atoms with van der Waals surface area (Å²) in [6.45, 7) is 11.9. The second-order valence-corrected chi connectivity index (χ2v) is 12.2. The van der Waals surface area contributed by atoms with Crippen LogP contribution in [0.4, 0.5) is 0 Å². The molecule has 0 saturated carbocycles. The number of nitrogens with zero attached hydrogens (tertiary/aromatic N) is 2. The van der Waals surface area contributed by atoms with Crippen LogP contribution in [0.2, 0.25) is 0 Å². The smallest absolute Gasteiger partial charge is 0.227 e. The molecule has 0 atom stereocenters. The third-order valence-corrected chi connectivity index (χ3v) is 8.87. The second-order valence-electron chi connectivity index (χ2n) is 12.2. The lowest BCUT2D eigenvalue weighted by Gasteiger charge is -2.42. The summed E-state index contributed by atoms with van der Waals surface area (Å²) in [5.41, 5.74) is 10.6. The van der Waals surface area contributed by atoms with Gasteiger partial charge in [0.15, 0.2) is 5.58 Å². The Labute approximate surface area is 217 Å². The molecule has 184 valence electrons. The zero-order valence-corrected chi connectivity index (χ0v) is 22.6. The van der Waals surface area contributed by atoms with Crippen LogP contribution in [0, 0.1) is 6.92 Å². The van der Waals surface area contributed by atoms with Crippen molar-refractivity contribution in [1.82, 2.24) is 4.98 Å². The Kier molecular flexibility index (Phi) is 4.50. The van der Waals surface area contributed by atoms with Crippen LogP contribution in [0.15, 0.2) is 71.1 Å². The molecular weight excluding hydrogens is 452 g/mol. The molecule has 6 aromatic rings. The van der Waals surface area contributed by atoms with Gasteiger partial charge in [-0.1, -0.05) is 70.2 Å². The quantitative estimate of drug-likeness (QED) is 0.219. The number of pyridine rings is 2. The Balaban J connectivity index is 1.69. The summed E-state index contributed by atoms with van der Waals surface area (Å²) in [4.78, 5) is 4.92. The highest BCUT2D eigenvalue weighted by Crippen LogP contribution is 2.52. The number of aromatic nitrogens is 2. The Morgan fingerprint density at radius 1 is 0.784 bits per heavy atom. The molecule has 7 rings (SSSR count). The molecule has 0 saturated heterocycles. The first-order valence-corrected chi connectivity index (χ1v) is 13.3. The van der Waals surface area contributed by atoms with E-state index < -0.39 is 0 Å². The van der Waals surface area contributed by atoms with Crippen molar-refractivity contribution in [1.29, 1.82) is 0 Å². The van der Waals surface area contributed by atoms with Crippen molar-refractivity contribution in [3.05, 3.63) is 83.4 Å². The molecule has 0 radical (unpaired) electrons. The minimum atomic E-state index is 0.0372. The van der Waals surface area contributed by atoms with Gasteiger partial charge >= 0.3 is 0 Å². The minimum Gasteiger partial charge on any atom is -0.437 e. The van der Waals surface area contributed by atoms with Gasteiger partial charge in [-0.05, 0) is 59.9 Å². The van der Waals surface area contributed by atoms with Crippen molar-refractivity contribution < 1.29 is 8.98 Å². The van der Waals surface area contributed by atoms with Crippen molar-refractivity contribution in [2.24, 2.45) is 7.05 Å². The van der Waals surface area contributed by atoms with Crippen molar-refractivity contribution in [3.63, 3.8) is 0 Å². The Hall–Kier alpha value is -3.72. The fourth-order valence-corrected chi connectivity index (χ4v) is 6.81. The molecule has 0 amide bonds. The number of para-hydroxylation sites is 2. The molecule has 3 heteroatoms. The van der Waals surface area contributed by atoms with Crippen molar-refractivity contribution >= 4 is 43.9 Å². The summed E-state index contributed by atoms with van der Waals surface area (Å²) in [6.07, 6.45) is 2.33. The van der Waals surface area contributed by atoms with E-state index >= 15 is 0 Å². The summed E-state index contributed by atoms with van der Waals surface area (Å²) in [7, 11) is 2.23. The van der Waals surface area contributed by atoms with E-state index in [1.54, 1.807) is 0 Å². The van der Waals surface area contributed by atoms with Gasteiger partial charge in [0.2, 0.25) is 16.9 Å². The molecule has 3 aromatic carbocycles. The molecule has 0 unspecified atom stereocenters. The summed E-state index contributed by atoms with van der Waals surface area (Å²) in [6, 6.07) is 23.9. The van der Waals surface area contributed by atoms with Crippen LogP contribution in [-0.2, 0) is 17.9 Å². The highest BCUT2D eigenvalue weighted by atomic mass is 16.3. The van der Waals surface area contributed by atoms with Crippen LogP contribution in [-0.4, -0.2) is 4.98 Å². The molecule has 37 heavy (non-hydrogen) atoms. The number of benzene rings is 3. The molecular formula is C34H33N2O+. The number of rotatable bonds is 1. The van der Waals surface area contributed by atoms with Crippen LogP contribution in [0.5, 0.6) is 0 Å². The van der Waals surface area contributed by atoms with Crippen molar-refractivity contribution in [2.45, 2.75) is 58.3 Å².